The fraction of sp³-hybridized carbons (Fsp3) is 0.333. The molecule has 1 aromatic rings. The van der Waals surface area contributed by atoms with Crippen LogP contribution in [0.15, 0.2) is 29.8 Å². The van der Waals surface area contributed by atoms with E-state index < -0.39 is 35.6 Å². The van der Waals surface area contributed by atoms with E-state index in [0.29, 0.717) is 11.1 Å². The van der Waals surface area contributed by atoms with Crippen LogP contribution in [0.3, 0.4) is 0 Å². The minimum absolute atomic E-state index is 0.261. The molecule has 4 atom stereocenters. The molecule has 7 nitrogen and oxygen atoms in total. The van der Waals surface area contributed by atoms with Crippen molar-refractivity contribution in [2.45, 2.75) is 13.0 Å². The lowest BCUT2D eigenvalue weighted by Crippen LogP contribution is -2.44. The molecule has 4 aliphatic rings. The molecule has 4 unspecified atom stereocenters. The molecule has 1 aliphatic carbocycles. The van der Waals surface area contributed by atoms with Gasteiger partial charge in [0.25, 0.3) is 5.91 Å². The zero-order valence-electron chi connectivity index (χ0n) is 13.4. The third-order valence-electron chi connectivity index (χ3n) is 5.73. The summed E-state index contributed by atoms with van der Waals surface area (Å²) < 4.78 is 0. The maximum absolute atomic E-state index is 12.9. The molecule has 7 heteroatoms. The first-order chi connectivity index (χ1) is 12.0. The number of fused-ring (bicyclic) bond motifs is 7. The van der Waals surface area contributed by atoms with Crippen LogP contribution >= 0.6 is 0 Å². The van der Waals surface area contributed by atoms with Crippen molar-refractivity contribution in [1.82, 2.24) is 10.2 Å². The van der Waals surface area contributed by atoms with Gasteiger partial charge in [0, 0.05) is 23.4 Å². The molecule has 0 spiro atoms. The second-order valence-electron chi connectivity index (χ2n) is 6.76. The topological polar surface area (TPSA) is 95.6 Å². The van der Waals surface area contributed by atoms with Crippen LogP contribution in [-0.2, 0) is 19.2 Å². The summed E-state index contributed by atoms with van der Waals surface area (Å²) in [7, 11) is 0. The number of nitrogens with one attached hydrogen (secondary N) is 2. The number of hydrogen-bond donors (Lipinski definition) is 2. The van der Waals surface area contributed by atoms with E-state index in [1.54, 1.807) is 6.92 Å². The Hall–Kier alpha value is -2.96. The van der Waals surface area contributed by atoms with E-state index in [1.165, 1.54) is 4.90 Å². The molecule has 0 radical (unpaired) electrons. The van der Waals surface area contributed by atoms with E-state index >= 15 is 0 Å². The van der Waals surface area contributed by atoms with Gasteiger partial charge in [-0.3, -0.25) is 29.4 Å². The number of benzene rings is 1. The van der Waals surface area contributed by atoms with Gasteiger partial charge in [0.15, 0.2) is 0 Å². The first-order valence-electron chi connectivity index (χ1n) is 8.35. The second kappa shape index (κ2) is 4.56. The zero-order chi connectivity index (χ0) is 17.5. The highest BCUT2D eigenvalue weighted by atomic mass is 16.2. The fourth-order valence-electron chi connectivity index (χ4n) is 4.78. The van der Waals surface area contributed by atoms with Gasteiger partial charge in [0.2, 0.25) is 17.7 Å². The monoisotopic (exact) mass is 337 g/mol. The molecule has 126 valence electrons. The number of carbonyl (C=O) groups excluding carboxylic acids is 4. The van der Waals surface area contributed by atoms with Crippen molar-refractivity contribution >= 4 is 34.9 Å². The Kier molecular flexibility index (Phi) is 2.63. The predicted octanol–water partition coefficient (Wildman–Crippen LogP) is 0.142. The number of anilines is 1. The number of hydrogen-bond acceptors (Lipinski definition) is 5. The minimum Gasteiger partial charge on any atom is -0.377 e. The summed E-state index contributed by atoms with van der Waals surface area (Å²) in [5.41, 5.74) is 2.67. The Morgan fingerprint density at radius 2 is 1.72 bits per heavy atom. The van der Waals surface area contributed by atoms with Crippen molar-refractivity contribution in [1.29, 1.82) is 0 Å². The Morgan fingerprint density at radius 3 is 2.48 bits per heavy atom. The third-order valence-corrected chi connectivity index (χ3v) is 5.73. The van der Waals surface area contributed by atoms with E-state index in [-0.39, 0.29) is 18.4 Å². The van der Waals surface area contributed by atoms with Gasteiger partial charge in [-0.2, -0.15) is 0 Å². The summed E-state index contributed by atoms with van der Waals surface area (Å²) in [5.74, 6) is -3.94. The Bertz CT molecular complexity index is 919. The van der Waals surface area contributed by atoms with Gasteiger partial charge in [-0.15, -0.1) is 0 Å². The van der Waals surface area contributed by atoms with E-state index in [4.69, 9.17) is 0 Å². The molecule has 0 aromatic heterocycles. The minimum atomic E-state index is -0.885. The van der Waals surface area contributed by atoms with Crippen LogP contribution in [0, 0.1) is 17.8 Å². The maximum atomic E-state index is 12.9. The molecule has 5 rings (SSSR count). The van der Waals surface area contributed by atoms with Gasteiger partial charge in [-0.05, 0) is 18.6 Å². The van der Waals surface area contributed by atoms with Crippen LogP contribution in [0.2, 0.25) is 0 Å². The third kappa shape index (κ3) is 1.55. The highest BCUT2D eigenvalue weighted by molar-refractivity contribution is 6.24. The summed E-state index contributed by atoms with van der Waals surface area (Å²) >= 11 is 0. The number of nitrogens with zero attached hydrogens (tertiary/aromatic N) is 1. The summed E-state index contributed by atoms with van der Waals surface area (Å²) in [5, 5.41) is 5.64. The lowest BCUT2D eigenvalue weighted by molar-refractivity contribution is -0.141. The summed E-state index contributed by atoms with van der Waals surface area (Å²) in [6.45, 7) is 2.00. The maximum Gasteiger partial charge on any atom is 0.254 e. The van der Waals surface area contributed by atoms with Gasteiger partial charge in [-0.1, -0.05) is 18.2 Å². The SMILES string of the molecule is CCN1C(=O)C2C3Nc4ccccc4C3=C3C(=O)NC(=O)C3C2C1=O. The number of para-hydroxylation sites is 1. The predicted molar refractivity (Wildman–Crippen MR) is 86.8 cm³/mol. The van der Waals surface area contributed by atoms with Crippen LogP contribution in [0.1, 0.15) is 12.5 Å². The first kappa shape index (κ1) is 14.4. The van der Waals surface area contributed by atoms with Crippen LogP contribution in [0.5, 0.6) is 0 Å². The van der Waals surface area contributed by atoms with Crippen LogP contribution in [-0.4, -0.2) is 41.1 Å². The molecule has 25 heavy (non-hydrogen) atoms. The fourth-order valence-corrected chi connectivity index (χ4v) is 4.78. The molecule has 0 saturated carbocycles. The Balaban J connectivity index is 1.79. The number of carbonyl (C=O) groups is 4. The van der Waals surface area contributed by atoms with E-state index in [2.05, 4.69) is 10.6 Å². The van der Waals surface area contributed by atoms with Crippen LogP contribution in [0.25, 0.3) is 5.57 Å². The molecule has 3 aliphatic heterocycles. The van der Waals surface area contributed by atoms with Crippen molar-refractivity contribution in [2.24, 2.45) is 17.8 Å². The van der Waals surface area contributed by atoms with Crippen molar-refractivity contribution in [2.75, 3.05) is 11.9 Å². The van der Waals surface area contributed by atoms with E-state index in [9.17, 15) is 19.2 Å². The molecule has 3 heterocycles. The molecule has 1 aromatic carbocycles. The summed E-state index contributed by atoms with van der Waals surface area (Å²) in [6, 6.07) is 7.00. The summed E-state index contributed by atoms with van der Waals surface area (Å²) in [6.07, 6.45) is 0. The number of amides is 4. The normalized spacial score (nSPS) is 32.3. The Morgan fingerprint density at radius 1 is 1.00 bits per heavy atom. The van der Waals surface area contributed by atoms with E-state index in [0.717, 1.165) is 11.3 Å². The van der Waals surface area contributed by atoms with Gasteiger partial charge < -0.3 is 5.32 Å². The highest BCUT2D eigenvalue weighted by Crippen LogP contribution is 2.53. The van der Waals surface area contributed by atoms with Gasteiger partial charge >= 0.3 is 0 Å². The van der Waals surface area contributed by atoms with Gasteiger partial charge in [0.05, 0.1) is 23.8 Å². The highest BCUT2D eigenvalue weighted by Gasteiger charge is 2.63. The number of likely N-dealkylation sites (tertiary alicyclic amines) is 1. The standard InChI is InChI=1S/C18H15N3O4/c1-2-21-17(24)12-11-10(15(22)20-16(11)23)9-7-5-3-4-6-8(7)19-14(9)13(12)18(21)25/h3-6,11-14,19H,2H2,1H3,(H,20,22,23). The largest absolute Gasteiger partial charge is 0.377 e. The lowest BCUT2D eigenvalue weighted by atomic mass is 9.68. The first-order valence-corrected chi connectivity index (χ1v) is 8.35. The zero-order valence-corrected chi connectivity index (χ0v) is 13.4. The smallest absolute Gasteiger partial charge is 0.254 e. The lowest BCUT2D eigenvalue weighted by Gasteiger charge is -2.32. The van der Waals surface area contributed by atoms with Crippen LogP contribution in [0.4, 0.5) is 5.69 Å². The van der Waals surface area contributed by atoms with E-state index in [1.807, 2.05) is 24.3 Å². The van der Waals surface area contributed by atoms with Gasteiger partial charge in [-0.25, -0.2) is 0 Å². The molecule has 0 bridgehead atoms. The molecular formula is C18H15N3O4. The second-order valence-corrected chi connectivity index (χ2v) is 6.76. The van der Waals surface area contributed by atoms with Crippen molar-refractivity contribution in [3.63, 3.8) is 0 Å². The molecule has 2 N–H and O–H groups in total. The quantitative estimate of drug-likeness (QED) is 0.711. The summed E-state index contributed by atoms with van der Waals surface area (Å²) in [4.78, 5) is 51.8. The molecule has 2 fully saturated rings. The molecular weight excluding hydrogens is 322 g/mol. The molecule has 4 amide bonds. The van der Waals surface area contributed by atoms with Crippen molar-refractivity contribution in [3.8, 4) is 0 Å². The van der Waals surface area contributed by atoms with Gasteiger partial charge in [0.1, 0.15) is 0 Å². The number of rotatable bonds is 1. The number of imide groups is 2. The Labute approximate surface area is 143 Å². The average Bonchev–Trinajstić information content (AvgIpc) is 3.18. The van der Waals surface area contributed by atoms with Crippen LogP contribution < -0.4 is 10.6 Å². The van der Waals surface area contributed by atoms with Crippen molar-refractivity contribution < 1.29 is 19.2 Å². The van der Waals surface area contributed by atoms with Crippen molar-refractivity contribution in [3.05, 3.63) is 35.4 Å². The molecule has 2 saturated heterocycles. The average molecular weight is 337 g/mol.